The zero-order valence-corrected chi connectivity index (χ0v) is 16.1. The molecule has 0 radical (unpaired) electrons. The minimum atomic E-state index is -0.403. The number of carbonyl (C=O) groups is 2. The number of hydrogen-bond acceptors (Lipinski definition) is 2. The number of rotatable bonds is 5. The summed E-state index contributed by atoms with van der Waals surface area (Å²) in [6.07, 6.45) is 1.96. The first kappa shape index (κ1) is 19.1. The standard InChI is InChI=1S/C21H20ClFN2O2/c1-12(2)20(26)9-13-4-6-18(17(22)8-13)24-21(27)16-11-25(3)19-7-5-14(23)10-15(16)19/h4-8,10-12H,9H2,1-3H3,(H,24,27). The first-order valence-electron chi connectivity index (χ1n) is 8.63. The number of hydrogen-bond donors (Lipinski definition) is 1. The van der Waals surface area contributed by atoms with Crippen molar-refractivity contribution in [1.82, 2.24) is 4.57 Å². The van der Waals surface area contributed by atoms with Gasteiger partial charge in [0.1, 0.15) is 11.6 Å². The van der Waals surface area contributed by atoms with Gasteiger partial charge in [-0.1, -0.05) is 31.5 Å². The van der Waals surface area contributed by atoms with Gasteiger partial charge in [0.15, 0.2) is 0 Å². The lowest BCUT2D eigenvalue weighted by Gasteiger charge is -2.09. The Kier molecular flexibility index (Phi) is 5.33. The highest BCUT2D eigenvalue weighted by Crippen LogP contribution is 2.27. The second-order valence-corrected chi connectivity index (χ2v) is 7.29. The number of nitrogens with zero attached hydrogens (tertiary/aromatic N) is 1. The monoisotopic (exact) mass is 386 g/mol. The molecule has 0 spiro atoms. The highest BCUT2D eigenvalue weighted by Gasteiger charge is 2.16. The highest BCUT2D eigenvalue weighted by atomic mass is 35.5. The van der Waals surface area contributed by atoms with Gasteiger partial charge in [0.2, 0.25) is 0 Å². The van der Waals surface area contributed by atoms with E-state index in [1.54, 1.807) is 42.1 Å². The van der Waals surface area contributed by atoms with Gasteiger partial charge in [-0.15, -0.1) is 0 Å². The molecule has 4 nitrogen and oxygen atoms in total. The largest absolute Gasteiger partial charge is 0.350 e. The van der Waals surface area contributed by atoms with E-state index < -0.39 is 5.82 Å². The molecule has 0 aliphatic carbocycles. The molecule has 0 saturated heterocycles. The number of fused-ring (bicyclic) bond motifs is 1. The molecule has 3 aromatic rings. The van der Waals surface area contributed by atoms with E-state index >= 15 is 0 Å². The number of Topliss-reactive ketones (excluding diaryl/α,β-unsaturated/α-hetero) is 1. The van der Waals surface area contributed by atoms with Crippen LogP contribution in [0.4, 0.5) is 10.1 Å². The summed E-state index contributed by atoms with van der Waals surface area (Å²) >= 11 is 6.28. The van der Waals surface area contributed by atoms with E-state index in [9.17, 15) is 14.0 Å². The quantitative estimate of drug-likeness (QED) is 0.671. The molecule has 0 saturated carbocycles. The Hall–Kier alpha value is -2.66. The average Bonchev–Trinajstić information content (AvgIpc) is 2.93. The second-order valence-electron chi connectivity index (χ2n) is 6.88. The molecule has 3 rings (SSSR count). The van der Waals surface area contributed by atoms with Crippen LogP contribution in [0.1, 0.15) is 29.8 Å². The molecule has 1 amide bonds. The van der Waals surface area contributed by atoms with Gasteiger partial charge >= 0.3 is 0 Å². The lowest BCUT2D eigenvalue weighted by molar-refractivity contribution is -0.121. The maximum absolute atomic E-state index is 13.6. The van der Waals surface area contributed by atoms with Crippen LogP contribution in [0, 0.1) is 11.7 Å². The molecule has 0 aliphatic heterocycles. The Bertz CT molecular complexity index is 1040. The Morgan fingerprint density at radius 3 is 2.59 bits per heavy atom. The molecule has 1 aromatic heterocycles. The van der Waals surface area contributed by atoms with Crippen molar-refractivity contribution in [3.63, 3.8) is 0 Å². The summed E-state index contributed by atoms with van der Waals surface area (Å²) in [4.78, 5) is 24.6. The molecule has 6 heteroatoms. The zero-order chi connectivity index (χ0) is 19.7. The lowest BCUT2D eigenvalue weighted by Crippen LogP contribution is -2.13. The van der Waals surface area contributed by atoms with Gasteiger partial charge in [-0.25, -0.2) is 4.39 Å². The summed E-state index contributed by atoms with van der Waals surface area (Å²) in [7, 11) is 1.80. The van der Waals surface area contributed by atoms with E-state index in [0.29, 0.717) is 28.1 Å². The number of amides is 1. The second kappa shape index (κ2) is 7.53. The Labute approximate surface area is 161 Å². The van der Waals surface area contributed by atoms with Crippen LogP contribution >= 0.6 is 11.6 Å². The van der Waals surface area contributed by atoms with Crippen LogP contribution in [0.15, 0.2) is 42.6 Å². The van der Waals surface area contributed by atoms with Crippen molar-refractivity contribution in [2.24, 2.45) is 13.0 Å². The number of ketones is 1. The van der Waals surface area contributed by atoms with Crippen molar-refractivity contribution in [3.8, 4) is 0 Å². The number of nitrogens with one attached hydrogen (secondary N) is 1. The maximum Gasteiger partial charge on any atom is 0.257 e. The lowest BCUT2D eigenvalue weighted by atomic mass is 10.0. The smallest absolute Gasteiger partial charge is 0.257 e. The van der Waals surface area contributed by atoms with Gasteiger partial charge in [0.05, 0.1) is 16.3 Å². The predicted molar refractivity (Wildman–Crippen MR) is 106 cm³/mol. The molecule has 1 N–H and O–H groups in total. The third-order valence-electron chi connectivity index (χ3n) is 4.50. The van der Waals surface area contributed by atoms with Crippen molar-refractivity contribution < 1.29 is 14.0 Å². The van der Waals surface area contributed by atoms with Gasteiger partial charge < -0.3 is 9.88 Å². The molecular formula is C21H20ClFN2O2. The number of benzene rings is 2. The van der Waals surface area contributed by atoms with Crippen LogP contribution < -0.4 is 5.32 Å². The third kappa shape index (κ3) is 4.03. The maximum atomic E-state index is 13.6. The molecule has 0 atom stereocenters. The zero-order valence-electron chi connectivity index (χ0n) is 15.3. The van der Waals surface area contributed by atoms with E-state index in [1.807, 2.05) is 13.8 Å². The normalized spacial score (nSPS) is 11.2. The van der Waals surface area contributed by atoms with E-state index in [2.05, 4.69) is 5.32 Å². The first-order chi connectivity index (χ1) is 12.8. The molecule has 140 valence electrons. The molecule has 27 heavy (non-hydrogen) atoms. The fourth-order valence-corrected chi connectivity index (χ4v) is 3.16. The van der Waals surface area contributed by atoms with Gasteiger partial charge in [-0.2, -0.15) is 0 Å². The van der Waals surface area contributed by atoms with Crippen molar-refractivity contribution >= 4 is 39.9 Å². The van der Waals surface area contributed by atoms with Crippen LogP contribution in [-0.4, -0.2) is 16.3 Å². The van der Waals surface area contributed by atoms with Gasteiger partial charge in [-0.3, -0.25) is 9.59 Å². The van der Waals surface area contributed by atoms with Crippen molar-refractivity contribution in [2.45, 2.75) is 20.3 Å². The van der Waals surface area contributed by atoms with Gasteiger partial charge in [-0.05, 0) is 35.9 Å². The van der Waals surface area contributed by atoms with Crippen LogP contribution in [0.3, 0.4) is 0 Å². The summed E-state index contributed by atoms with van der Waals surface area (Å²) in [5, 5.41) is 3.65. The van der Waals surface area contributed by atoms with Crippen molar-refractivity contribution in [1.29, 1.82) is 0 Å². The van der Waals surface area contributed by atoms with Crippen LogP contribution in [-0.2, 0) is 18.3 Å². The first-order valence-corrected chi connectivity index (χ1v) is 9.01. The molecule has 1 heterocycles. The van der Waals surface area contributed by atoms with E-state index in [0.717, 1.165) is 11.1 Å². The van der Waals surface area contributed by atoms with Crippen LogP contribution in [0.2, 0.25) is 5.02 Å². The van der Waals surface area contributed by atoms with Crippen molar-refractivity contribution in [3.05, 3.63) is 64.6 Å². The molecule has 0 unspecified atom stereocenters. The van der Waals surface area contributed by atoms with E-state index in [1.165, 1.54) is 12.1 Å². The number of halogens is 2. The fourth-order valence-electron chi connectivity index (χ4n) is 2.91. The Balaban J connectivity index is 1.84. The number of aromatic nitrogens is 1. The molecular weight excluding hydrogens is 367 g/mol. The number of aryl methyl sites for hydroxylation is 1. The topological polar surface area (TPSA) is 51.1 Å². The fraction of sp³-hybridized carbons (Fsp3) is 0.238. The molecule has 0 bridgehead atoms. The SMILES string of the molecule is CC(C)C(=O)Cc1ccc(NC(=O)c2cn(C)c3ccc(F)cc23)c(Cl)c1. The van der Waals surface area contributed by atoms with Crippen LogP contribution in [0.25, 0.3) is 10.9 Å². The van der Waals surface area contributed by atoms with Crippen molar-refractivity contribution in [2.75, 3.05) is 5.32 Å². The number of anilines is 1. The van der Waals surface area contributed by atoms with Gasteiger partial charge in [0, 0.05) is 36.5 Å². The summed E-state index contributed by atoms with van der Waals surface area (Å²) in [5.41, 5.74) is 2.36. The summed E-state index contributed by atoms with van der Waals surface area (Å²) in [6, 6.07) is 9.46. The molecule has 0 aliphatic rings. The summed E-state index contributed by atoms with van der Waals surface area (Å²) in [6.45, 7) is 3.71. The Morgan fingerprint density at radius 1 is 1.19 bits per heavy atom. The minimum Gasteiger partial charge on any atom is -0.350 e. The van der Waals surface area contributed by atoms with Crippen LogP contribution in [0.5, 0.6) is 0 Å². The van der Waals surface area contributed by atoms with E-state index in [-0.39, 0.29) is 17.6 Å². The van der Waals surface area contributed by atoms with E-state index in [4.69, 9.17) is 11.6 Å². The highest BCUT2D eigenvalue weighted by molar-refractivity contribution is 6.34. The average molecular weight is 387 g/mol. The third-order valence-corrected chi connectivity index (χ3v) is 4.81. The summed E-state index contributed by atoms with van der Waals surface area (Å²) in [5.74, 6) is -0.699. The van der Waals surface area contributed by atoms with Gasteiger partial charge in [0.25, 0.3) is 5.91 Å². The molecule has 2 aromatic carbocycles. The predicted octanol–water partition coefficient (Wildman–Crippen LogP) is 4.99. The Morgan fingerprint density at radius 2 is 1.93 bits per heavy atom. The molecule has 0 fully saturated rings. The number of carbonyl (C=O) groups excluding carboxylic acids is 2. The summed E-state index contributed by atoms with van der Waals surface area (Å²) < 4.78 is 15.4. The minimum absolute atomic E-state index is 0.0464.